The number of halogens is 1. The van der Waals surface area contributed by atoms with Gasteiger partial charge in [-0.2, -0.15) is 0 Å². The summed E-state index contributed by atoms with van der Waals surface area (Å²) in [4.78, 5) is 0. The highest BCUT2D eigenvalue weighted by atomic mass is 35.5. The lowest BCUT2D eigenvalue weighted by atomic mass is 10.2. The number of anilines is 2. The molecule has 1 heterocycles. The molecule has 0 radical (unpaired) electrons. The van der Waals surface area contributed by atoms with Crippen molar-refractivity contribution < 1.29 is 0 Å². The zero-order chi connectivity index (χ0) is 12.4. The summed E-state index contributed by atoms with van der Waals surface area (Å²) < 4.78 is 1.86. The van der Waals surface area contributed by atoms with Crippen LogP contribution in [0.15, 0.2) is 24.5 Å². The van der Waals surface area contributed by atoms with Gasteiger partial charge in [-0.25, -0.2) is 0 Å². The lowest BCUT2D eigenvalue weighted by Crippen LogP contribution is -2.12. The first kappa shape index (κ1) is 11.7. The first-order valence-electron chi connectivity index (χ1n) is 5.23. The fourth-order valence-electron chi connectivity index (χ4n) is 1.64. The minimum Gasteiger partial charge on any atom is -0.397 e. The third-order valence-electron chi connectivity index (χ3n) is 2.52. The standard InChI is InChI=1S/C11H14ClN5/c1-7(11-16-14-6-17(11)2)15-10-5-8(12)3-4-9(10)13/h3-7,15H,13H2,1-2H3. The summed E-state index contributed by atoms with van der Waals surface area (Å²) in [5.41, 5.74) is 7.32. The summed E-state index contributed by atoms with van der Waals surface area (Å²) in [6, 6.07) is 5.33. The van der Waals surface area contributed by atoms with Gasteiger partial charge in [0.25, 0.3) is 0 Å². The number of nitrogen functional groups attached to an aromatic ring is 1. The summed E-state index contributed by atoms with van der Waals surface area (Å²) >= 11 is 5.93. The van der Waals surface area contributed by atoms with Gasteiger partial charge in [0.1, 0.15) is 6.33 Å². The predicted molar refractivity (Wildman–Crippen MR) is 68.9 cm³/mol. The number of nitrogens with two attached hydrogens (primary N) is 1. The summed E-state index contributed by atoms with van der Waals surface area (Å²) in [5.74, 6) is 0.837. The van der Waals surface area contributed by atoms with E-state index in [4.69, 9.17) is 17.3 Å². The van der Waals surface area contributed by atoms with Crippen LogP contribution in [0, 0.1) is 0 Å². The number of aryl methyl sites for hydroxylation is 1. The van der Waals surface area contributed by atoms with Gasteiger partial charge in [0.05, 0.1) is 17.4 Å². The largest absolute Gasteiger partial charge is 0.397 e. The van der Waals surface area contributed by atoms with E-state index < -0.39 is 0 Å². The van der Waals surface area contributed by atoms with Crippen LogP contribution in [0.3, 0.4) is 0 Å². The molecule has 0 aliphatic heterocycles. The van der Waals surface area contributed by atoms with Gasteiger partial charge in [0.2, 0.25) is 0 Å². The fourth-order valence-corrected chi connectivity index (χ4v) is 1.81. The highest BCUT2D eigenvalue weighted by molar-refractivity contribution is 6.31. The predicted octanol–water partition coefficient (Wildman–Crippen LogP) is 2.22. The maximum atomic E-state index is 5.93. The number of aromatic nitrogens is 3. The third-order valence-corrected chi connectivity index (χ3v) is 2.76. The molecule has 6 heteroatoms. The Bertz CT molecular complexity index is 522. The molecule has 2 aromatic rings. The molecule has 3 N–H and O–H groups in total. The van der Waals surface area contributed by atoms with E-state index in [9.17, 15) is 0 Å². The van der Waals surface area contributed by atoms with Crippen molar-refractivity contribution in [2.24, 2.45) is 7.05 Å². The van der Waals surface area contributed by atoms with E-state index in [2.05, 4.69) is 15.5 Å². The van der Waals surface area contributed by atoms with E-state index in [1.807, 2.05) is 18.5 Å². The van der Waals surface area contributed by atoms with E-state index >= 15 is 0 Å². The van der Waals surface area contributed by atoms with Crippen LogP contribution in [-0.2, 0) is 7.05 Å². The molecule has 1 aromatic carbocycles. The van der Waals surface area contributed by atoms with Gasteiger partial charge in [0, 0.05) is 12.1 Å². The zero-order valence-electron chi connectivity index (χ0n) is 9.68. The van der Waals surface area contributed by atoms with Crippen LogP contribution in [0.4, 0.5) is 11.4 Å². The van der Waals surface area contributed by atoms with E-state index in [1.165, 1.54) is 0 Å². The molecule has 17 heavy (non-hydrogen) atoms. The lowest BCUT2D eigenvalue weighted by molar-refractivity contribution is 0.719. The van der Waals surface area contributed by atoms with Gasteiger partial charge < -0.3 is 15.6 Å². The van der Waals surface area contributed by atoms with Crippen molar-refractivity contribution in [3.05, 3.63) is 35.4 Å². The van der Waals surface area contributed by atoms with Gasteiger partial charge in [-0.05, 0) is 25.1 Å². The van der Waals surface area contributed by atoms with E-state index in [0.29, 0.717) is 10.7 Å². The molecule has 0 fully saturated rings. The Hall–Kier alpha value is -1.75. The summed E-state index contributed by atoms with van der Waals surface area (Å²) in [6.45, 7) is 1.99. The Morgan fingerprint density at radius 3 is 2.88 bits per heavy atom. The molecule has 0 amide bonds. The van der Waals surface area contributed by atoms with Gasteiger partial charge in [-0.1, -0.05) is 11.6 Å². The monoisotopic (exact) mass is 251 g/mol. The Kier molecular flexibility index (Phi) is 3.19. The van der Waals surface area contributed by atoms with Gasteiger partial charge in [-0.15, -0.1) is 10.2 Å². The van der Waals surface area contributed by atoms with Crippen LogP contribution in [0.5, 0.6) is 0 Å². The molecule has 90 valence electrons. The molecule has 0 saturated carbocycles. The van der Waals surface area contributed by atoms with Crippen molar-refractivity contribution in [2.75, 3.05) is 11.1 Å². The molecule has 2 rings (SSSR count). The molecule has 0 aliphatic rings. The second-order valence-electron chi connectivity index (χ2n) is 3.90. The van der Waals surface area contributed by atoms with Crippen LogP contribution in [0.1, 0.15) is 18.8 Å². The fraction of sp³-hybridized carbons (Fsp3) is 0.273. The normalized spacial score (nSPS) is 12.4. The highest BCUT2D eigenvalue weighted by Crippen LogP contribution is 2.26. The molecule has 1 atom stereocenters. The van der Waals surface area contributed by atoms with Gasteiger partial charge >= 0.3 is 0 Å². The Morgan fingerprint density at radius 2 is 2.24 bits per heavy atom. The number of rotatable bonds is 3. The van der Waals surface area contributed by atoms with Crippen LogP contribution < -0.4 is 11.1 Å². The second kappa shape index (κ2) is 4.63. The molecular formula is C11H14ClN5. The molecule has 0 bridgehead atoms. The average molecular weight is 252 g/mol. The van der Waals surface area contributed by atoms with Crippen molar-refractivity contribution >= 4 is 23.0 Å². The van der Waals surface area contributed by atoms with Crippen molar-refractivity contribution in [1.29, 1.82) is 0 Å². The first-order valence-corrected chi connectivity index (χ1v) is 5.61. The van der Waals surface area contributed by atoms with Gasteiger partial charge in [-0.3, -0.25) is 0 Å². The molecule has 1 aromatic heterocycles. The lowest BCUT2D eigenvalue weighted by Gasteiger charge is -2.16. The number of nitrogens with zero attached hydrogens (tertiary/aromatic N) is 3. The summed E-state index contributed by atoms with van der Waals surface area (Å²) in [6.07, 6.45) is 1.66. The molecular weight excluding hydrogens is 238 g/mol. The number of hydrogen-bond donors (Lipinski definition) is 2. The Balaban J connectivity index is 2.21. The van der Waals surface area contributed by atoms with Gasteiger partial charge in [0.15, 0.2) is 5.82 Å². The SMILES string of the molecule is CC(Nc1cc(Cl)ccc1N)c1nncn1C. The topological polar surface area (TPSA) is 68.8 Å². The molecule has 0 aliphatic carbocycles. The third kappa shape index (κ3) is 2.50. The Labute approximate surface area is 105 Å². The number of hydrogen-bond acceptors (Lipinski definition) is 4. The smallest absolute Gasteiger partial charge is 0.154 e. The zero-order valence-corrected chi connectivity index (χ0v) is 10.4. The van der Waals surface area contributed by atoms with E-state index in [-0.39, 0.29) is 6.04 Å². The number of nitrogens with one attached hydrogen (secondary N) is 1. The Morgan fingerprint density at radius 1 is 1.47 bits per heavy atom. The van der Waals surface area contributed by atoms with Crippen molar-refractivity contribution in [3.63, 3.8) is 0 Å². The average Bonchev–Trinajstić information content (AvgIpc) is 2.70. The van der Waals surface area contributed by atoms with Crippen LogP contribution >= 0.6 is 11.6 Å². The number of benzene rings is 1. The van der Waals surface area contributed by atoms with Crippen molar-refractivity contribution in [3.8, 4) is 0 Å². The molecule has 1 unspecified atom stereocenters. The van der Waals surface area contributed by atoms with Crippen LogP contribution in [-0.4, -0.2) is 14.8 Å². The minimum atomic E-state index is 0.00302. The maximum Gasteiger partial charge on any atom is 0.154 e. The van der Waals surface area contributed by atoms with E-state index in [1.54, 1.807) is 24.5 Å². The minimum absolute atomic E-state index is 0.00302. The van der Waals surface area contributed by atoms with Crippen LogP contribution in [0.25, 0.3) is 0 Å². The van der Waals surface area contributed by atoms with E-state index in [0.717, 1.165) is 11.5 Å². The molecule has 0 saturated heterocycles. The highest BCUT2D eigenvalue weighted by Gasteiger charge is 2.12. The quantitative estimate of drug-likeness (QED) is 0.821. The van der Waals surface area contributed by atoms with Crippen molar-refractivity contribution in [2.45, 2.75) is 13.0 Å². The maximum absolute atomic E-state index is 5.93. The molecule has 5 nitrogen and oxygen atoms in total. The molecule has 0 spiro atoms. The van der Waals surface area contributed by atoms with Crippen LogP contribution in [0.2, 0.25) is 5.02 Å². The second-order valence-corrected chi connectivity index (χ2v) is 4.33. The summed E-state index contributed by atoms with van der Waals surface area (Å²) in [5, 5.41) is 11.8. The van der Waals surface area contributed by atoms with Crippen molar-refractivity contribution in [1.82, 2.24) is 14.8 Å². The first-order chi connectivity index (χ1) is 8.08. The summed E-state index contributed by atoms with van der Waals surface area (Å²) in [7, 11) is 1.90.